The van der Waals surface area contributed by atoms with Gasteiger partial charge in [0.25, 0.3) is 0 Å². The predicted molar refractivity (Wildman–Crippen MR) is 53.7 cm³/mol. The summed E-state index contributed by atoms with van der Waals surface area (Å²) in [6.45, 7) is 2.08. The minimum atomic E-state index is -0.287. The molecule has 0 amide bonds. The van der Waals surface area contributed by atoms with Crippen LogP contribution in [-0.2, 0) is 5.54 Å². The van der Waals surface area contributed by atoms with Crippen LogP contribution in [0.3, 0.4) is 0 Å². The Hall–Kier alpha value is -0.410. The first-order valence-corrected chi connectivity index (χ1v) is 5.07. The zero-order valence-corrected chi connectivity index (χ0v) is 8.94. The van der Waals surface area contributed by atoms with Crippen molar-refractivity contribution in [3.8, 4) is 0 Å². The van der Waals surface area contributed by atoms with Gasteiger partial charge in [0.05, 0.1) is 0 Å². The molecule has 2 atom stereocenters. The van der Waals surface area contributed by atoms with Gasteiger partial charge in [-0.25, -0.2) is 4.39 Å². The van der Waals surface area contributed by atoms with Gasteiger partial charge in [-0.15, -0.1) is 0 Å². The number of hydrogen-bond acceptors (Lipinski definition) is 1. The average molecular weight is 244 g/mol. The third-order valence-corrected chi connectivity index (χ3v) is 3.22. The average Bonchev–Trinajstić information content (AvgIpc) is 2.59. The molecular formula is C10H11BrFN. The predicted octanol–water partition coefficient (Wildman–Crippen LogP) is 2.78. The van der Waals surface area contributed by atoms with Crippen molar-refractivity contribution < 1.29 is 4.39 Å². The fraction of sp³-hybridized carbons (Fsp3) is 0.400. The third-order valence-electron chi connectivity index (χ3n) is 2.76. The normalized spacial score (nSPS) is 31.8. The third kappa shape index (κ3) is 1.51. The van der Waals surface area contributed by atoms with Gasteiger partial charge in [-0.05, 0) is 36.1 Å². The van der Waals surface area contributed by atoms with Crippen LogP contribution in [0.25, 0.3) is 0 Å². The van der Waals surface area contributed by atoms with E-state index in [4.69, 9.17) is 5.73 Å². The van der Waals surface area contributed by atoms with Crippen LogP contribution in [0.15, 0.2) is 22.7 Å². The maximum atomic E-state index is 13.0. The van der Waals surface area contributed by atoms with Gasteiger partial charge in [-0.2, -0.15) is 0 Å². The monoisotopic (exact) mass is 243 g/mol. The summed E-state index contributed by atoms with van der Waals surface area (Å²) in [5, 5.41) is 0. The van der Waals surface area contributed by atoms with Crippen molar-refractivity contribution in [1.82, 2.24) is 0 Å². The van der Waals surface area contributed by atoms with Crippen molar-refractivity contribution in [3.05, 3.63) is 34.1 Å². The number of nitrogens with two attached hydrogens (primary N) is 1. The van der Waals surface area contributed by atoms with Crippen LogP contribution < -0.4 is 5.73 Å². The Balaban J connectivity index is 2.42. The molecule has 1 saturated carbocycles. The van der Waals surface area contributed by atoms with Crippen LogP contribution in [0.1, 0.15) is 18.9 Å². The van der Waals surface area contributed by atoms with Crippen molar-refractivity contribution in [1.29, 1.82) is 0 Å². The molecule has 0 saturated heterocycles. The molecule has 2 unspecified atom stereocenters. The van der Waals surface area contributed by atoms with E-state index in [9.17, 15) is 4.39 Å². The van der Waals surface area contributed by atoms with Gasteiger partial charge in [0.2, 0.25) is 0 Å². The van der Waals surface area contributed by atoms with Crippen LogP contribution in [0.2, 0.25) is 0 Å². The first-order valence-electron chi connectivity index (χ1n) is 4.28. The molecule has 2 rings (SSSR count). The minimum absolute atomic E-state index is 0.228. The Morgan fingerprint density at radius 1 is 1.54 bits per heavy atom. The Kier molecular flexibility index (Phi) is 1.96. The van der Waals surface area contributed by atoms with Crippen LogP contribution in [0.5, 0.6) is 0 Å². The maximum Gasteiger partial charge on any atom is 0.124 e. The SMILES string of the molecule is CC1CC1(N)c1cc(F)cc(Br)c1. The van der Waals surface area contributed by atoms with Gasteiger partial charge >= 0.3 is 0 Å². The maximum absolute atomic E-state index is 13.0. The second-order valence-corrected chi connectivity index (χ2v) is 4.72. The summed E-state index contributed by atoms with van der Waals surface area (Å²) in [6, 6.07) is 4.86. The number of halogens is 2. The van der Waals surface area contributed by atoms with Crippen LogP contribution in [0.4, 0.5) is 4.39 Å². The van der Waals surface area contributed by atoms with E-state index in [0.29, 0.717) is 5.92 Å². The van der Waals surface area contributed by atoms with Gasteiger partial charge in [0.15, 0.2) is 0 Å². The van der Waals surface area contributed by atoms with Crippen molar-refractivity contribution in [2.75, 3.05) is 0 Å². The van der Waals surface area contributed by atoms with Crippen molar-refractivity contribution in [3.63, 3.8) is 0 Å². The largest absolute Gasteiger partial charge is 0.321 e. The Morgan fingerprint density at radius 2 is 2.15 bits per heavy atom. The fourth-order valence-corrected chi connectivity index (χ4v) is 2.14. The summed E-state index contributed by atoms with van der Waals surface area (Å²) < 4.78 is 13.8. The van der Waals surface area contributed by atoms with E-state index in [2.05, 4.69) is 22.9 Å². The topological polar surface area (TPSA) is 26.0 Å². The highest BCUT2D eigenvalue weighted by molar-refractivity contribution is 9.10. The smallest absolute Gasteiger partial charge is 0.124 e. The molecule has 2 N–H and O–H groups in total. The molecule has 1 nitrogen and oxygen atoms in total. The van der Waals surface area contributed by atoms with E-state index >= 15 is 0 Å². The summed E-state index contributed by atoms with van der Waals surface area (Å²) in [5.74, 6) is 0.231. The second kappa shape index (κ2) is 2.79. The number of benzene rings is 1. The van der Waals surface area contributed by atoms with Crippen LogP contribution in [0, 0.1) is 11.7 Å². The van der Waals surface area contributed by atoms with Crippen LogP contribution in [-0.4, -0.2) is 0 Å². The molecule has 0 bridgehead atoms. The highest BCUT2D eigenvalue weighted by atomic mass is 79.9. The summed E-state index contributed by atoms with van der Waals surface area (Å²) in [4.78, 5) is 0. The van der Waals surface area contributed by atoms with Crippen molar-refractivity contribution in [2.45, 2.75) is 18.9 Å². The Bertz CT molecular complexity index is 333. The summed E-state index contributed by atoms with van der Waals surface area (Å²) >= 11 is 3.26. The zero-order chi connectivity index (χ0) is 9.64. The van der Waals surface area contributed by atoms with Crippen LogP contribution >= 0.6 is 15.9 Å². The molecule has 1 aromatic carbocycles. The quantitative estimate of drug-likeness (QED) is 0.807. The van der Waals surface area contributed by atoms with E-state index in [1.807, 2.05) is 6.07 Å². The highest BCUT2D eigenvalue weighted by Gasteiger charge is 2.49. The summed E-state index contributed by atoms with van der Waals surface area (Å²) in [7, 11) is 0. The summed E-state index contributed by atoms with van der Waals surface area (Å²) in [6.07, 6.45) is 0.947. The van der Waals surface area contributed by atoms with Crippen molar-refractivity contribution >= 4 is 15.9 Å². The highest BCUT2D eigenvalue weighted by Crippen LogP contribution is 2.49. The molecule has 0 aromatic heterocycles. The van der Waals surface area contributed by atoms with E-state index < -0.39 is 0 Å². The lowest BCUT2D eigenvalue weighted by Gasteiger charge is -2.11. The molecule has 1 aliphatic carbocycles. The molecule has 1 fully saturated rings. The molecule has 0 heterocycles. The molecule has 0 aliphatic heterocycles. The molecule has 70 valence electrons. The molecular weight excluding hydrogens is 233 g/mol. The van der Waals surface area contributed by atoms with Gasteiger partial charge in [0.1, 0.15) is 5.82 Å². The first kappa shape index (κ1) is 9.16. The lowest BCUT2D eigenvalue weighted by molar-refractivity contribution is 0.608. The second-order valence-electron chi connectivity index (χ2n) is 3.80. The lowest BCUT2D eigenvalue weighted by Crippen LogP contribution is -2.21. The van der Waals surface area contributed by atoms with E-state index in [-0.39, 0.29) is 11.4 Å². The van der Waals surface area contributed by atoms with Gasteiger partial charge in [0, 0.05) is 10.0 Å². The van der Waals surface area contributed by atoms with E-state index in [1.165, 1.54) is 12.1 Å². The molecule has 13 heavy (non-hydrogen) atoms. The minimum Gasteiger partial charge on any atom is -0.321 e. The molecule has 0 radical (unpaired) electrons. The zero-order valence-electron chi connectivity index (χ0n) is 7.35. The number of hydrogen-bond donors (Lipinski definition) is 1. The van der Waals surface area contributed by atoms with E-state index in [0.717, 1.165) is 16.5 Å². The standard InChI is InChI=1S/C10H11BrFN/c1-6-5-10(6,13)7-2-8(11)4-9(12)3-7/h2-4,6H,5,13H2,1H3. The van der Waals surface area contributed by atoms with Gasteiger partial charge < -0.3 is 5.73 Å². The molecule has 0 spiro atoms. The van der Waals surface area contributed by atoms with Gasteiger partial charge in [-0.1, -0.05) is 22.9 Å². The Morgan fingerprint density at radius 3 is 2.62 bits per heavy atom. The molecule has 1 aliphatic rings. The molecule has 3 heteroatoms. The molecule has 1 aromatic rings. The Labute approximate surface area is 85.3 Å². The van der Waals surface area contributed by atoms with E-state index in [1.54, 1.807) is 0 Å². The summed E-state index contributed by atoms with van der Waals surface area (Å²) in [5.41, 5.74) is 6.67. The van der Waals surface area contributed by atoms with Gasteiger partial charge in [-0.3, -0.25) is 0 Å². The lowest BCUT2D eigenvalue weighted by atomic mass is 10.0. The van der Waals surface area contributed by atoms with Crippen molar-refractivity contribution in [2.24, 2.45) is 11.7 Å². The first-order chi connectivity index (χ1) is 6.02. The number of rotatable bonds is 1. The fourth-order valence-electron chi connectivity index (χ4n) is 1.67.